The highest BCUT2D eigenvalue weighted by atomic mass is 16.5. The number of carbonyl (C=O) groups excluding carboxylic acids is 1. The van der Waals surface area contributed by atoms with E-state index in [9.17, 15) is 4.79 Å². The highest BCUT2D eigenvalue weighted by Crippen LogP contribution is 2.21. The number of pyridine rings is 1. The van der Waals surface area contributed by atoms with Crippen LogP contribution >= 0.6 is 0 Å². The predicted octanol–water partition coefficient (Wildman–Crippen LogP) is 1.65. The van der Waals surface area contributed by atoms with Crippen molar-refractivity contribution in [2.24, 2.45) is 0 Å². The van der Waals surface area contributed by atoms with Gasteiger partial charge in [0.05, 0.1) is 25.0 Å². The lowest BCUT2D eigenvalue weighted by molar-refractivity contribution is -0.0250. The first-order valence-corrected chi connectivity index (χ1v) is 7.83. The molecule has 24 heavy (non-hydrogen) atoms. The summed E-state index contributed by atoms with van der Waals surface area (Å²) in [5.74, 6) is -0.0893. The van der Waals surface area contributed by atoms with Crippen LogP contribution in [0.1, 0.15) is 27.8 Å². The number of nitrogens with zero attached hydrogens (tertiary/aromatic N) is 5. The predicted molar refractivity (Wildman–Crippen MR) is 86.6 cm³/mol. The summed E-state index contributed by atoms with van der Waals surface area (Å²) >= 11 is 0. The van der Waals surface area contributed by atoms with Gasteiger partial charge in [0, 0.05) is 31.3 Å². The van der Waals surface area contributed by atoms with Gasteiger partial charge in [0.15, 0.2) is 0 Å². The third-order valence-corrected chi connectivity index (χ3v) is 4.08. The maximum absolute atomic E-state index is 12.8. The molecule has 1 atom stereocenters. The number of hydrogen-bond donors (Lipinski definition) is 0. The minimum Gasteiger partial charge on any atom is -0.368 e. The molecule has 122 valence electrons. The second-order valence-electron chi connectivity index (χ2n) is 5.84. The lowest BCUT2D eigenvalue weighted by Gasteiger charge is -2.32. The largest absolute Gasteiger partial charge is 0.368 e. The second kappa shape index (κ2) is 6.01. The lowest BCUT2D eigenvalue weighted by Crippen LogP contribution is -2.42. The van der Waals surface area contributed by atoms with E-state index in [1.807, 2.05) is 29.7 Å². The standard InChI is InChI=1S/C17H17N5O2/c1-12-2-3-16-20-14(10-22(16)9-12)17(23)21-6-7-24-15(11-21)13-8-18-4-5-19-13/h2-5,8-10,15H,6-7,11H2,1H3. The molecule has 0 N–H and O–H groups in total. The molecule has 3 aromatic rings. The van der Waals surface area contributed by atoms with Gasteiger partial charge in [-0.3, -0.25) is 14.8 Å². The zero-order chi connectivity index (χ0) is 16.5. The Bertz CT molecular complexity index is 877. The topological polar surface area (TPSA) is 72.6 Å². The van der Waals surface area contributed by atoms with Gasteiger partial charge in [-0.15, -0.1) is 0 Å². The van der Waals surface area contributed by atoms with Crippen LogP contribution in [-0.4, -0.2) is 49.9 Å². The molecule has 4 rings (SSSR count). The number of ether oxygens (including phenoxy) is 1. The second-order valence-corrected chi connectivity index (χ2v) is 5.84. The fraction of sp³-hybridized carbons (Fsp3) is 0.294. The number of rotatable bonds is 2. The molecule has 4 heterocycles. The average Bonchev–Trinajstić information content (AvgIpc) is 3.05. The molecule has 3 aromatic heterocycles. The molecule has 1 aliphatic heterocycles. The first-order valence-electron chi connectivity index (χ1n) is 7.83. The number of aromatic nitrogens is 4. The Labute approximate surface area is 138 Å². The van der Waals surface area contributed by atoms with Crippen LogP contribution in [0.3, 0.4) is 0 Å². The summed E-state index contributed by atoms with van der Waals surface area (Å²) in [6.45, 7) is 3.47. The summed E-state index contributed by atoms with van der Waals surface area (Å²) in [5.41, 5.74) is 3.07. The Morgan fingerprint density at radius 1 is 1.29 bits per heavy atom. The van der Waals surface area contributed by atoms with E-state index in [-0.39, 0.29) is 12.0 Å². The normalized spacial score (nSPS) is 18.0. The van der Waals surface area contributed by atoms with E-state index < -0.39 is 0 Å². The molecule has 0 aromatic carbocycles. The molecule has 1 amide bonds. The van der Waals surface area contributed by atoms with Gasteiger partial charge in [-0.25, -0.2) is 4.98 Å². The van der Waals surface area contributed by atoms with E-state index >= 15 is 0 Å². The highest BCUT2D eigenvalue weighted by Gasteiger charge is 2.28. The molecular weight excluding hydrogens is 306 g/mol. The first-order chi connectivity index (χ1) is 11.7. The van der Waals surface area contributed by atoms with Crippen molar-refractivity contribution in [3.63, 3.8) is 0 Å². The molecule has 0 spiro atoms. The summed E-state index contributed by atoms with van der Waals surface area (Å²) in [5, 5.41) is 0. The molecule has 1 fully saturated rings. The van der Waals surface area contributed by atoms with Gasteiger partial charge in [0.2, 0.25) is 0 Å². The Balaban J connectivity index is 1.56. The van der Waals surface area contributed by atoms with E-state index in [2.05, 4.69) is 15.0 Å². The van der Waals surface area contributed by atoms with Crippen LogP contribution in [0.25, 0.3) is 5.65 Å². The Kier molecular flexibility index (Phi) is 3.70. The minimum absolute atomic E-state index is 0.0893. The summed E-state index contributed by atoms with van der Waals surface area (Å²) in [4.78, 5) is 27.3. The molecule has 1 unspecified atom stereocenters. The molecule has 1 saturated heterocycles. The first kappa shape index (κ1) is 14.8. The minimum atomic E-state index is -0.254. The summed E-state index contributed by atoms with van der Waals surface area (Å²) < 4.78 is 7.61. The summed E-state index contributed by atoms with van der Waals surface area (Å²) in [6.07, 6.45) is 8.40. The molecule has 0 aliphatic carbocycles. The van der Waals surface area contributed by atoms with Crippen molar-refractivity contribution in [2.75, 3.05) is 19.7 Å². The number of morpholine rings is 1. The van der Waals surface area contributed by atoms with Crippen LogP contribution < -0.4 is 0 Å². The van der Waals surface area contributed by atoms with E-state index in [1.165, 1.54) is 0 Å². The van der Waals surface area contributed by atoms with Gasteiger partial charge < -0.3 is 14.0 Å². The van der Waals surface area contributed by atoms with Crippen LogP contribution in [0.2, 0.25) is 0 Å². The quantitative estimate of drug-likeness (QED) is 0.717. The molecular formula is C17H17N5O2. The number of fused-ring (bicyclic) bond motifs is 1. The van der Waals surface area contributed by atoms with Crippen molar-refractivity contribution in [3.8, 4) is 0 Å². The molecule has 0 bridgehead atoms. The Morgan fingerprint density at radius 2 is 2.21 bits per heavy atom. The summed E-state index contributed by atoms with van der Waals surface area (Å²) in [6, 6.07) is 3.89. The number of carbonyl (C=O) groups is 1. The van der Waals surface area contributed by atoms with Crippen molar-refractivity contribution in [2.45, 2.75) is 13.0 Å². The van der Waals surface area contributed by atoms with Gasteiger partial charge in [-0.05, 0) is 18.6 Å². The van der Waals surface area contributed by atoms with Crippen molar-refractivity contribution >= 4 is 11.6 Å². The smallest absolute Gasteiger partial charge is 0.274 e. The van der Waals surface area contributed by atoms with Crippen LogP contribution in [0.5, 0.6) is 0 Å². The number of hydrogen-bond acceptors (Lipinski definition) is 5. The SMILES string of the molecule is Cc1ccc2nc(C(=O)N3CCOC(c4cnccn4)C3)cn2c1. The zero-order valence-electron chi connectivity index (χ0n) is 13.3. The lowest BCUT2D eigenvalue weighted by atomic mass is 10.2. The van der Waals surface area contributed by atoms with Crippen LogP contribution in [0.4, 0.5) is 0 Å². The third-order valence-electron chi connectivity index (χ3n) is 4.08. The maximum atomic E-state index is 12.8. The monoisotopic (exact) mass is 323 g/mol. The van der Waals surface area contributed by atoms with Gasteiger partial charge in [0.1, 0.15) is 17.4 Å². The Hall–Kier alpha value is -2.80. The van der Waals surface area contributed by atoms with Gasteiger partial charge in [0.25, 0.3) is 5.91 Å². The molecule has 1 aliphatic rings. The zero-order valence-corrected chi connectivity index (χ0v) is 13.3. The molecule has 7 heteroatoms. The van der Waals surface area contributed by atoms with Gasteiger partial charge in [-0.2, -0.15) is 0 Å². The Morgan fingerprint density at radius 3 is 3.04 bits per heavy atom. The van der Waals surface area contributed by atoms with E-state index in [0.717, 1.165) is 16.9 Å². The maximum Gasteiger partial charge on any atom is 0.274 e. The van der Waals surface area contributed by atoms with E-state index in [1.54, 1.807) is 29.7 Å². The van der Waals surface area contributed by atoms with Crippen LogP contribution in [0, 0.1) is 6.92 Å². The number of imidazole rings is 1. The van der Waals surface area contributed by atoms with Crippen molar-refractivity contribution in [3.05, 3.63) is 60.1 Å². The molecule has 0 saturated carbocycles. The molecule has 0 radical (unpaired) electrons. The third kappa shape index (κ3) is 2.74. The molecule has 7 nitrogen and oxygen atoms in total. The van der Waals surface area contributed by atoms with E-state index in [0.29, 0.717) is 25.4 Å². The fourth-order valence-electron chi connectivity index (χ4n) is 2.86. The van der Waals surface area contributed by atoms with Crippen molar-refractivity contribution in [1.29, 1.82) is 0 Å². The average molecular weight is 323 g/mol. The summed E-state index contributed by atoms with van der Waals surface area (Å²) in [7, 11) is 0. The number of amides is 1. The highest BCUT2D eigenvalue weighted by molar-refractivity contribution is 5.93. The van der Waals surface area contributed by atoms with Crippen LogP contribution in [0.15, 0.2) is 43.1 Å². The van der Waals surface area contributed by atoms with Gasteiger partial charge in [-0.1, -0.05) is 6.07 Å². The van der Waals surface area contributed by atoms with E-state index in [4.69, 9.17) is 4.74 Å². The number of aryl methyl sites for hydroxylation is 1. The van der Waals surface area contributed by atoms with Crippen molar-refractivity contribution < 1.29 is 9.53 Å². The van der Waals surface area contributed by atoms with Crippen molar-refractivity contribution in [1.82, 2.24) is 24.3 Å². The van der Waals surface area contributed by atoms with Gasteiger partial charge >= 0.3 is 0 Å². The van der Waals surface area contributed by atoms with Crippen LogP contribution in [-0.2, 0) is 4.74 Å². The fourth-order valence-corrected chi connectivity index (χ4v) is 2.86.